The van der Waals surface area contributed by atoms with Gasteiger partial charge in [0.25, 0.3) is 11.4 Å². The molecule has 1 aromatic heterocycles. The molecule has 0 amide bonds. The van der Waals surface area contributed by atoms with Crippen LogP contribution in [0.25, 0.3) is 0 Å². The van der Waals surface area contributed by atoms with Crippen LogP contribution in [-0.4, -0.2) is 49.5 Å². The predicted molar refractivity (Wildman–Crippen MR) is 103 cm³/mol. The molecule has 2 aliphatic heterocycles. The summed E-state index contributed by atoms with van der Waals surface area (Å²) >= 11 is 4.93. The number of phosphoric acid groups is 1. The van der Waals surface area contributed by atoms with E-state index in [1.807, 2.05) is 0 Å². The van der Waals surface area contributed by atoms with E-state index in [-0.39, 0.29) is 16.9 Å². The molecule has 1 aromatic carbocycles. The van der Waals surface area contributed by atoms with Crippen LogP contribution < -0.4 is 10.1 Å². The average Bonchev–Trinajstić information content (AvgIpc) is 2.99. The number of aromatic nitrogens is 2. The normalized spacial score (nSPS) is 33.2. The molecule has 174 valence electrons. The van der Waals surface area contributed by atoms with Crippen molar-refractivity contribution in [2.75, 3.05) is 6.56 Å². The van der Waals surface area contributed by atoms with Gasteiger partial charge in [0, 0.05) is 11.8 Å². The molecule has 1 unspecified atom stereocenters. The van der Waals surface area contributed by atoms with Gasteiger partial charge >= 0.3 is 7.82 Å². The van der Waals surface area contributed by atoms with Crippen molar-refractivity contribution in [1.29, 1.82) is 0 Å². The Balaban J connectivity index is 1.63. The molecule has 0 spiro atoms. The number of fused-ring (bicyclic) bond motifs is 1. The van der Waals surface area contributed by atoms with E-state index in [9.17, 15) is 29.1 Å². The van der Waals surface area contributed by atoms with E-state index in [1.165, 1.54) is 0 Å². The highest BCUT2D eigenvalue weighted by Gasteiger charge is 2.57. The fourth-order valence-electron chi connectivity index (χ4n) is 3.03. The molecule has 4 rings (SSSR count). The van der Waals surface area contributed by atoms with E-state index in [0.717, 1.165) is 29.0 Å². The predicted octanol–water partition coefficient (Wildman–Crippen LogP) is 1.19. The van der Waals surface area contributed by atoms with Crippen molar-refractivity contribution in [2.45, 2.75) is 37.5 Å². The fourth-order valence-corrected chi connectivity index (χ4v) is 4.38. The highest BCUT2D eigenvalue weighted by atomic mass is 32.1. The van der Waals surface area contributed by atoms with Gasteiger partial charge in [-0.15, -0.1) is 0 Å². The molecule has 0 saturated carbocycles. The van der Waals surface area contributed by atoms with Gasteiger partial charge < -0.3 is 24.6 Å². The molecule has 0 aliphatic carbocycles. The first kappa shape index (κ1) is 20.6. The minimum Gasteiger partial charge on any atom is -0.404 e. The number of aromatic amines is 1. The van der Waals surface area contributed by atoms with E-state index < -0.39 is 68.0 Å². The lowest BCUT2D eigenvalue weighted by Gasteiger charge is -2.28. The summed E-state index contributed by atoms with van der Waals surface area (Å²) < 4.78 is 77.8. The number of H-pyrrole nitrogens is 1. The van der Waals surface area contributed by atoms with Crippen molar-refractivity contribution < 1.29 is 49.7 Å². The lowest BCUT2D eigenvalue weighted by Crippen LogP contribution is -2.43. The third-order valence-corrected chi connectivity index (χ3v) is 6.18. The zero-order valence-electron chi connectivity index (χ0n) is 17.8. The monoisotopic (exact) mass is 496 g/mol. The minimum atomic E-state index is -4.86. The van der Waals surface area contributed by atoms with Crippen molar-refractivity contribution in [3.63, 3.8) is 0 Å². The zero-order chi connectivity index (χ0) is 25.1. The minimum absolute atomic E-state index is 0.130. The molecular weight excluding hydrogens is 477 g/mol. The molecule has 5 atom stereocenters. The van der Waals surface area contributed by atoms with Crippen LogP contribution in [0.3, 0.4) is 0 Å². The lowest BCUT2D eigenvalue weighted by molar-refractivity contribution is -0.205. The maximum atomic E-state index is 15.8. The van der Waals surface area contributed by atoms with Crippen LogP contribution in [-0.2, 0) is 31.6 Å². The lowest BCUT2D eigenvalue weighted by atomic mass is 10.1. The second-order valence-corrected chi connectivity index (χ2v) is 8.73. The van der Waals surface area contributed by atoms with E-state index in [2.05, 4.69) is 9.51 Å². The van der Waals surface area contributed by atoms with Gasteiger partial charge in [-0.3, -0.25) is 23.4 Å². The quantitative estimate of drug-likeness (QED) is 0.351. The average molecular weight is 496 g/mol. The number of halogens is 2. The zero-order valence-corrected chi connectivity index (χ0v) is 17.5. The SMILES string of the molecule is [2H]C([2H])(OP1(=O)OCc2cc(F)ccc2O1)[C@@]1(F)O[C@@H](n2cc(CO)c(=O)[nH]c2=S)[C@H](O)[C@@H]1O. The molecule has 0 bridgehead atoms. The highest BCUT2D eigenvalue weighted by molar-refractivity contribution is 7.71. The van der Waals surface area contributed by atoms with Crippen LogP contribution in [0.1, 0.15) is 20.1 Å². The van der Waals surface area contributed by atoms with Crippen LogP contribution in [0.15, 0.2) is 29.2 Å². The first-order chi connectivity index (χ1) is 15.8. The van der Waals surface area contributed by atoms with E-state index in [1.54, 1.807) is 0 Å². The van der Waals surface area contributed by atoms with Gasteiger partial charge in [0.05, 0.1) is 21.5 Å². The topological polar surface area (TPSA) is 152 Å². The summed E-state index contributed by atoms with van der Waals surface area (Å²) in [5.41, 5.74) is -0.893. The van der Waals surface area contributed by atoms with Crippen LogP contribution in [0.2, 0.25) is 0 Å². The maximum absolute atomic E-state index is 15.8. The number of phosphoric ester groups is 1. The second kappa shape index (κ2) is 8.39. The second-order valence-electron chi connectivity index (χ2n) is 6.83. The van der Waals surface area contributed by atoms with Gasteiger partial charge in [0.1, 0.15) is 30.3 Å². The Labute approximate surface area is 186 Å². The molecule has 2 aromatic rings. The van der Waals surface area contributed by atoms with E-state index >= 15 is 4.39 Å². The van der Waals surface area contributed by atoms with Crippen LogP contribution in [0.5, 0.6) is 5.75 Å². The number of hydrogen-bond donors (Lipinski definition) is 4. The number of aliphatic hydroxyl groups is 3. The fraction of sp³-hybridized carbons (Fsp3) is 0.412. The molecule has 4 N–H and O–H groups in total. The summed E-state index contributed by atoms with van der Waals surface area (Å²) in [4.78, 5) is 13.9. The molecule has 2 aliphatic rings. The van der Waals surface area contributed by atoms with Gasteiger partial charge in [0.2, 0.25) is 0 Å². The van der Waals surface area contributed by atoms with E-state index in [0.29, 0.717) is 0 Å². The van der Waals surface area contributed by atoms with Gasteiger partial charge in [-0.25, -0.2) is 13.3 Å². The van der Waals surface area contributed by atoms with Crippen molar-refractivity contribution in [3.8, 4) is 5.75 Å². The Kier molecular flexibility index (Phi) is 5.39. The smallest absolute Gasteiger partial charge is 0.404 e. The Hall–Kier alpha value is -2.03. The van der Waals surface area contributed by atoms with Crippen molar-refractivity contribution in [3.05, 3.63) is 56.5 Å². The number of benzene rings is 1. The van der Waals surface area contributed by atoms with Crippen LogP contribution in [0, 0.1) is 10.6 Å². The summed E-state index contributed by atoms with van der Waals surface area (Å²) in [5.74, 6) is -4.66. The Morgan fingerprint density at radius 1 is 1.47 bits per heavy atom. The number of hydrogen-bond acceptors (Lipinski definition) is 10. The molecule has 1 fully saturated rings. The van der Waals surface area contributed by atoms with Crippen LogP contribution >= 0.6 is 20.0 Å². The van der Waals surface area contributed by atoms with Crippen molar-refractivity contribution in [2.24, 2.45) is 0 Å². The Morgan fingerprint density at radius 2 is 2.22 bits per heavy atom. The highest BCUT2D eigenvalue weighted by Crippen LogP contribution is 2.55. The summed E-state index contributed by atoms with van der Waals surface area (Å²) in [6, 6.07) is 3.07. The Bertz CT molecular complexity index is 1290. The standard InChI is InChI=1S/C17H17F2N2O9PS/c18-10-1-2-11-8(3-10)6-27-31(26,30-11)28-7-17(19)13(24)12(23)15(29-17)21-4-9(5-22)14(25)20-16(21)32/h1-4,12-13,15,22-24H,5-7H2,(H,20,25,32)/t12-,13+,15-,17-,31?/m1/s1/i7D2. The number of ether oxygens (including phenoxy) is 1. The molecule has 15 heteroatoms. The number of nitrogens with zero attached hydrogens (tertiary/aromatic N) is 1. The van der Waals surface area contributed by atoms with Gasteiger partial charge in [-0.2, -0.15) is 0 Å². The molecule has 32 heavy (non-hydrogen) atoms. The summed E-state index contributed by atoms with van der Waals surface area (Å²) in [7, 11) is -4.86. The van der Waals surface area contributed by atoms with Gasteiger partial charge in [-0.05, 0) is 30.4 Å². The molecule has 11 nitrogen and oxygen atoms in total. The number of rotatable bonds is 5. The molecule has 1 saturated heterocycles. The third-order valence-electron chi connectivity index (χ3n) is 4.68. The largest absolute Gasteiger partial charge is 0.530 e. The van der Waals surface area contributed by atoms with Crippen molar-refractivity contribution >= 4 is 20.0 Å². The first-order valence-corrected chi connectivity index (χ1v) is 10.8. The third kappa shape index (κ3) is 4.16. The number of nitrogens with one attached hydrogen (secondary N) is 1. The summed E-state index contributed by atoms with van der Waals surface area (Å²) in [6.07, 6.45) is -5.75. The Morgan fingerprint density at radius 3 is 2.94 bits per heavy atom. The van der Waals surface area contributed by atoms with Gasteiger partial charge in [0.15, 0.2) is 11.0 Å². The van der Waals surface area contributed by atoms with Crippen LogP contribution in [0.4, 0.5) is 8.78 Å². The molecular formula is C17H17F2N2O9PS. The summed E-state index contributed by atoms with van der Waals surface area (Å²) in [5, 5.41) is 29.9. The van der Waals surface area contributed by atoms with Gasteiger partial charge in [-0.1, -0.05) is 0 Å². The number of aliphatic hydroxyl groups excluding tert-OH is 3. The molecule has 0 radical (unpaired) electrons. The summed E-state index contributed by atoms with van der Waals surface area (Å²) in [6.45, 7) is -5.03. The number of alkyl halides is 1. The molecule has 3 heterocycles. The first-order valence-electron chi connectivity index (χ1n) is 9.92. The van der Waals surface area contributed by atoms with Crippen molar-refractivity contribution in [1.82, 2.24) is 9.55 Å². The van der Waals surface area contributed by atoms with E-state index in [4.69, 9.17) is 28.7 Å². The maximum Gasteiger partial charge on any atom is 0.530 e.